The second-order valence-corrected chi connectivity index (χ2v) is 5.83. The number of fused-ring (bicyclic) bond motifs is 1. The number of allylic oxidation sites excluding steroid dienone is 2. The third kappa shape index (κ3) is 2.33. The molecular formula is C14H24N2. The van der Waals surface area contributed by atoms with Crippen LogP contribution in [0.3, 0.4) is 0 Å². The largest absolute Gasteiger partial charge is 0.312 e. The van der Waals surface area contributed by atoms with Crippen LogP contribution in [0.2, 0.25) is 0 Å². The quantitative estimate of drug-likeness (QED) is 0.716. The number of nitrogens with zero attached hydrogens (tertiary/aromatic N) is 1. The van der Waals surface area contributed by atoms with Gasteiger partial charge in [-0.1, -0.05) is 12.2 Å². The number of hydrogen-bond donors (Lipinski definition) is 1. The summed E-state index contributed by atoms with van der Waals surface area (Å²) < 4.78 is 0. The topological polar surface area (TPSA) is 15.3 Å². The monoisotopic (exact) mass is 220 g/mol. The molecule has 0 bridgehead atoms. The third-order valence-corrected chi connectivity index (χ3v) is 4.57. The van der Waals surface area contributed by atoms with Gasteiger partial charge in [-0.3, -0.25) is 0 Å². The first kappa shape index (κ1) is 10.8. The van der Waals surface area contributed by atoms with Gasteiger partial charge in [0.15, 0.2) is 0 Å². The molecule has 0 aromatic rings. The van der Waals surface area contributed by atoms with Crippen molar-refractivity contribution in [2.75, 3.05) is 26.2 Å². The van der Waals surface area contributed by atoms with E-state index < -0.39 is 0 Å². The molecule has 2 aliphatic heterocycles. The maximum absolute atomic E-state index is 3.69. The average Bonchev–Trinajstić information content (AvgIpc) is 2.72. The highest BCUT2D eigenvalue weighted by Crippen LogP contribution is 2.27. The Balaban J connectivity index is 1.51. The third-order valence-electron chi connectivity index (χ3n) is 4.57. The van der Waals surface area contributed by atoms with E-state index in [2.05, 4.69) is 22.4 Å². The Morgan fingerprint density at radius 2 is 2.19 bits per heavy atom. The molecule has 90 valence electrons. The van der Waals surface area contributed by atoms with Crippen LogP contribution in [-0.4, -0.2) is 37.1 Å². The van der Waals surface area contributed by atoms with E-state index in [9.17, 15) is 0 Å². The normalized spacial score (nSPS) is 39.9. The summed E-state index contributed by atoms with van der Waals surface area (Å²) in [6.07, 6.45) is 11.6. The van der Waals surface area contributed by atoms with Gasteiger partial charge < -0.3 is 10.2 Å². The molecule has 0 radical (unpaired) electrons. The summed E-state index contributed by atoms with van der Waals surface area (Å²) in [6.45, 7) is 5.27. The van der Waals surface area contributed by atoms with E-state index in [1.807, 2.05) is 0 Å². The first-order chi connectivity index (χ1) is 7.92. The smallest absolute Gasteiger partial charge is 0.0235 e. The summed E-state index contributed by atoms with van der Waals surface area (Å²) in [5, 5.41) is 3.69. The Morgan fingerprint density at radius 3 is 3.00 bits per heavy atom. The molecular weight excluding hydrogens is 196 g/mol. The predicted molar refractivity (Wildman–Crippen MR) is 67.4 cm³/mol. The summed E-state index contributed by atoms with van der Waals surface area (Å²) in [6, 6.07) is 0.813. The fraction of sp³-hybridized carbons (Fsp3) is 0.857. The molecule has 0 saturated carbocycles. The first-order valence-electron chi connectivity index (χ1n) is 7.02. The van der Waals surface area contributed by atoms with E-state index in [1.54, 1.807) is 0 Å². The number of nitrogens with one attached hydrogen (secondary N) is 1. The molecule has 3 aliphatic rings. The zero-order chi connectivity index (χ0) is 10.8. The molecule has 2 fully saturated rings. The van der Waals surface area contributed by atoms with Crippen LogP contribution in [0, 0.1) is 11.8 Å². The molecule has 2 nitrogen and oxygen atoms in total. The molecule has 1 N–H and O–H groups in total. The molecule has 3 atom stereocenters. The van der Waals surface area contributed by atoms with Gasteiger partial charge in [0, 0.05) is 25.7 Å². The lowest BCUT2D eigenvalue weighted by Crippen LogP contribution is -2.40. The molecule has 16 heavy (non-hydrogen) atoms. The number of likely N-dealkylation sites (tertiary alicyclic amines) is 1. The van der Waals surface area contributed by atoms with Gasteiger partial charge in [-0.25, -0.2) is 0 Å². The van der Waals surface area contributed by atoms with Crippen molar-refractivity contribution in [3.05, 3.63) is 12.2 Å². The number of piperidine rings is 1. The van der Waals surface area contributed by atoms with E-state index in [0.29, 0.717) is 0 Å². The van der Waals surface area contributed by atoms with E-state index in [0.717, 1.165) is 17.9 Å². The van der Waals surface area contributed by atoms with E-state index >= 15 is 0 Å². The molecule has 0 aromatic carbocycles. The summed E-state index contributed by atoms with van der Waals surface area (Å²) >= 11 is 0. The van der Waals surface area contributed by atoms with Gasteiger partial charge in [-0.2, -0.15) is 0 Å². The van der Waals surface area contributed by atoms with Crippen LogP contribution in [0.25, 0.3) is 0 Å². The fourth-order valence-electron chi connectivity index (χ4n) is 3.67. The zero-order valence-electron chi connectivity index (χ0n) is 10.2. The van der Waals surface area contributed by atoms with Crippen molar-refractivity contribution in [3.8, 4) is 0 Å². The molecule has 0 aromatic heterocycles. The van der Waals surface area contributed by atoms with Crippen molar-refractivity contribution < 1.29 is 0 Å². The molecule has 1 unspecified atom stereocenters. The summed E-state index contributed by atoms with van der Waals surface area (Å²) in [5.74, 6) is 1.89. The lowest BCUT2D eigenvalue weighted by atomic mass is 9.94. The van der Waals surface area contributed by atoms with Crippen LogP contribution in [0.4, 0.5) is 0 Å². The van der Waals surface area contributed by atoms with Gasteiger partial charge in [0.05, 0.1) is 0 Å². The second kappa shape index (κ2) is 4.89. The zero-order valence-corrected chi connectivity index (χ0v) is 10.2. The highest BCUT2D eigenvalue weighted by molar-refractivity contribution is 4.95. The van der Waals surface area contributed by atoms with Crippen LogP contribution in [0.5, 0.6) is 0 Å². The van der Waals surface area contributed by atoms with Crippen LogP contribution in [0.1, 0.15) is 32.1 Å². The van der Waals surface area contributed by atoms with Crippen molar-refractivity contribution in [1.82, 2.24) is 10.2 Å². The van der Waals surface area contributed by atoms with Crippen molar-refractivity contribution in [2.24, 2.45) is 11.8 Å². The molecule has 2 saturated heterocycles. The lowest BCUT2D eigenvalue weighted by Gasteiger charge is -2.25. The molecule has 2 heterocycles. The first-order valence-corrected chi connectivity index (χ1v) is 7.02. The van der Waals surface area contributed by atoms with Crippen molar-refractivity contribution in [2.45, 2.75) is 38.1 Å². The number of rotatable bonds is 2. The van der Waals surface area contributed by atoms with Gasteiger partial charge in [-0.15, -0.1) is 0 Å². The van der Waals surface area contributed by atoms with Crippen LogP contribution in [-0.2, 0) is 0 Å². The van der Waals surface area contributed by atoms with Gasteiger partial charge in [0.2, 0.25) is 0 Å². The highest BCUT2D eigenvalue weighted by atomic mass is 15.2. The highest BCUT2D eigenvalue weighted by Gasteiger charge is 2.34. The minimum Gasteiger partial charge on any atom is -0.312 e. The Hall–Kier alpha value is -0.340. The van der Waals surface area contributed by atoms with Crippen molar-refractivity contribution in [3.63, 3.8) is 0 Å². The minimum atomic E-state index is 0.813. The van der Waals surface area contributed by atoms with Crippen LogP contribution in [0.15, 0.2) is 12.2 Å². The SMILES string of the molecule is C1=CCC(CN2C[C@@H]3CCCN[C@@H]3C2)CC1. The summed E-state index contributed by atoms with van der Waals surface area (Å²) in [5.41, 5.74) is 0. The Bertz CT molecular complexity index is 247. The Labute approximate surface area is 99.1 Å². The standard InChI is InChI=1S/C14H24N2/c1-2-5-12(6-3-1)9-16-10-13-7-4-8-15-14(13)11-16/h1-2,12-15H,3-11H2/t12?,13-,14+/m0/s1. The van der Waals surface area contributed by atoms with E-state index in [-0.39, 0.29) is 0 Å². The van der Waals surface area contributed by atoms with Gasteiger partial charge in [0.25, 0.3) is 0 Å². The molecule has 0 spiro atoms. The second-order valence-electron chi connectivity index (χ2n) is 5.83. The number of hydrogen-bond acceptors (Lipinski definition) is 2. The summed E-state index contributed by atoms with van der Waals surface area (Å²) in [4.78, 5) is 2.72. The fourth-order valence-corrected chi connectivity index (χ4v) is 3.67. The average molecular weight is 220 g/mol. The van der Waals surface area contributed by atoms with Gasteiger partial charge >= 0.3 is 0 Å². The van der Waals surface area contributed by atoms with Gasteiger partial charge in [0.1, 0.15) is 0 Å². The van der Waals surface area contributed by atoms with E-state index in [4.69, 9.17) is 0 Å². The van der Waals surface area contributed by atoms with Crippen LogP contribution >= 0.6 is 0 Å². The van der Waals surface area contributed by atoms with Crippen molar-refractivity contribution >= 4 is 0 Å². The lowest BCUT2D eigenvalue weighted by molar-refractivity contribution is 0.256. The predicted octanol–water partition coefficient (Wildman–Crippen LogP) is 2.03. The summed E-state index contributed by atoms with van der Waals surface area (Å²) in [7, 11) is 0. The Kier molecular flexibility index (Phi) is 3.30. The van der Waals surface area contributed by atoms with Crippen LogP contribution < -0.4 is 5.32 Å². The maximum atomic E-state index is 3.69. The maximum Gasteiger partial charge on any atom is 0.0235 e. The van der Waals surface area contributed by atoms with Crippen molar-refractivity contribution in [1.29, 1.82) is 0 Å². The van der Waals surface area contributed by atoms with E-state index in [1.165, 1.54) is 58.3 Å². The molecule has 1 aliphatic carbocycles. The molecule has 0 amide bonds. The minimum absolute atomic E-state index is 0.813. The molecule has 3 rings (SSSR count). The Morgan fingerprint density at radius 1 is 1.19 bits per heavy atom. The molecule has 2 heteroatoms. The van der Waals surface area contributed by atoms with Gasteiger partial charge in [-0.05, 0) is 50.5 Å².